The molecule has 2 aromatic heterocycles. The van der Waals surface area contributed by atoms with E-state index in [-0.39, 0.29) is 11.2 Å². The van der Waals surface area contributed by atoms with Crippen LogP contribution in [0.1, 0.15) is 23.0 Å². The largest absolute Gasteiger partial charge is 0.368 e. The van der Waals surface area contributed by atoms with Gasteiger partial charge in [-0.1, -0.05) is 23.1 Å². The van der Waals surface area contributed by atoms with Crippen molar-refractivity contribution in [2.45, 2.75) is 23.4 Å². The maximum atomic E-state index is 5.71. The quantitative estimate of drug-likeness (QED) is 0.849. The minimum absolute atomic E-state index is 0.0383. The number of anilines is 2. The Morgan fingerprint density at radius 2 is 1.95 bits per heavy atom. The van der Waals surface area contributed by atoms with Crippen LogP contribution >= 0.6 is 23.1 Å². The standard InChI is InChI=1S/C10H15N7S2/c1-5(18-10-16-15-6(2)19-10)7-12-8(11)14-9(13-7)17(3)4/h5H,1-4H3,(H2,11,12,13,14)/t5-/m1/s1. The Balaban J connectivity index is 2.20. The molecule has 9 heteroatoms. The molecule has 0 aliphatic rings. The van der Waals surface area contributed by atoms with Gasteiger partial charge in [-0.05, 0) is 13.8 Å². The zero-order valence-corrected chi connectivity index (χ0v) is 12.8. The van der Waals surface area contributed by atoms with Crippen LogP contribution in [0.2, 0.25) is 0 Å². The van der Waals surface area contributed by atoms with E-state index >= 15 is 0 Å². The van der Waals surface area contributed by atoms with Gasteiger partial charge in [0.2, 0.25) is 11.9 Å². The molecule has 0 fully saturated rings. The van der Waals surface area contributed by atoms with Gasteiger partial charge >= 0.3 is 0 Å². The topological polar surface area (TPSA) is 93.7 Å². The van der Waals surface area contributed by atoms with Gasteiger partial charge < -0.3 is 10.6 Å². The van der Waals surface area contributed by atoms with Gasteiger partial charge in [-0.2, -0.15) is 15.0 Å². The molecule has 0 amide bonds. The summed E-state index contributed by atoms with van der Waals surface area (Å²) in [6.07, 6.45) is 0. The smallest absolute Gasteiger partial charge is 0.229 e. The van der Waals surface area contributed by atoms with E-state index in [9.17, 15) is 0 Å². The highest BCUT2D eigenvalue weighted by molar-refractivity contribution is 8.01. The maximum Gasteiger partial charge on any atom is 0.229 e. The van der Waals surface area contributed by atoms with Crippen LogP contribution in [0.25, 0.3) is 0 Å². The molecular weight excluding hydrogens is 282 g/mol. The van der Waals surface area contributed by atoms with Crippen LogP contribution in [0.15, 0.2) is 4.34 Å². The first kappa shape index (κ1) is 13.9. The molecule has 7 nitrogen and oxygen atoms in total. The third kappa shape index (κ3) is 3.51. The lowest BCUT2D eigenvalue weighted by atomic mass is 10.4. The first-order valence-corrected chi connectivity index (χ1v) is 7.31. The van der Waals surface area contributed by atoms with Crippen molar-refractivity contribution in [1.82, 2.24) is 25.1 Å². The Kier molecular flexibility index (Phi) is 4.15. The van der Waals surface area contributed by atoms with Crippen LogP contribution < -0.4 is 10.6 Å². The van der Waals surface area contributed by atoms with Crippen molar-refractivity contribution in [3.05, 3.63) is 10.8 Å². The number of thioether (sulfide) groups is 1. The third-order valence-corrected chi connectivity index (χ3v) is 4.23. The zero-order valence-electron chi connectivity index (χ0n) is 11.2. The van der Waals surface area contributed by atoms with E-state index in [0.29, 0.717) is 11.8 Å². The van der Waals surface area contributed by atoms with E-state index < -0.39 is 0 Å². The van der Waals surface area contributed by atoms with E-state index in [0.717, 1.165) is 9.35 Å². The molecule has 0 aliphatic heterocycles. The van der Waals surface area contributed by atoms with Crippen LogP contribution in [-0.4, -0.2) is 39.2 Å². The first-order chi connectivity index (χ1) is 8.95. The average molecular weight is 297 g/mol. The Morgan fingerprint density at radius 1 is 1.21 bits per heavy atom. The summed E-state index contributed by atoms with van der Waals surface area (Å²) in [6, 6.07) is 0. The summed E-state index contributed by atoms with van der Waals surface area (Å²) in [5.74, 6) is 1.44. The molecule has 0 aromatic carbocycles. The van der Waals surface area contributed by atoms with Gasteiger partial charge in [0.1, 0.15) is 10.8 Å². The fraction of sp³-hybridized carbons (Fsp3) is 0.500. The van der Waals surface area contributed by atoms with Gasteiger partial charge in [-0.15, -0.1) is 10.2 Å². The van der Waals surface area contributed by atoms with Gasteiger partial charge in [0.15, 0.2) is 4.34 Å². The summed E-state index contributed by atoms with van der Waals surface area (Å²) in [5.41, 5.74) is 5.71. The highest BCUT2D eigenvalue weighted by atomic mass is 32.2. The third-order valence-electron chi connectivity index (χ3n) is 2.21. The molecule has 0 saturated heterocycles. The van der Waals surface area contributed by atoms with E-state index in [1.54, 1.807) is 28.0 Å². The second-order valence-electron chi connectivity index (χ2n) is 4.09. The second kappa shape index (κ2) is 5.66. The Morgan fingerprint density at radius 3 is 2.53 bits per heavy atom. The maximum absolute atomic E-state index is 5.71. The number of hydrogen-bond donors (Lipinski definition) is 1. The number of aryl methyl sites for hydroxylation is 1. The number of nitrogens with two attached hydrogens (primary N) is 1. The van der Waals surface area contributed by atoms with Gasteiger partial charge in [0.05, 0.1) is 5.25 Å². The fourth-order valence-electron chi connectivity index (χ4n) is 1.31. The molecule has 0 aliphatic carbocycles. The van der Waals surface area contributed by atoms with E-state index in [1.165, 1.54) is 0 Å². The molecule has 0 saturated carbocycles. The van der Waals surface area contributed by atoms with E-state index in [4.69, 9.17) is 5.73 Å². The predicted molar refractivity (Wildman–Crippen MR) is 77.5 cm³/mol. The van der Waals surface area contributed by atoms with Crippen molar-refractivity contribution in [2.75, 3.05) is 24.7 Å². The second-order valence-corrected chi connectivity index (χ2v) is 6.86. The van der Waals surface area contributed by atoms with Crippen LogP contribution in [-0.2, 0) is 0 Å². The number of nitrogens with zero attached hydrogens (tertiary/aromatic N) is 6. The molecule has 19 heavy (non-hydrogen) atoms. The predicted octanol–water partition coefficient (Wildman–Crippen LogP) is 1.53. The van der Waals surface area contributed by atoms with Crippen molar-refractivity contribution >= 4 is 35.0 Å². The normalized spacial score (nSPS) is 12.4. The van der Waals surface area contributed by atoms with Crippen molar-refractivity contribution in [1.29, 1.82) is 0 Å². The summed E-state index contributed by atoms with van der Waals surface area (Å²) in [6.45, 7) is 3.94. The monoisotopic (exact) mass is 297 g/mol. The van der Waals surface area contributed by atoms with Gasteiger partial charge in [-0.3, -0.25) is 0 Å². The SMILES string of the molecule is Cc1nnc(S[C@H](C)c2nc(N)nc(N(C)C)n2)s1. The molecule has 1 atom stereocenters. The summed E-state index contributed by atoms with van der Waals surface area (Å²) < 4.78 is 0.899. The lowest BCUT2D eigenvalue weighted by Crippen LogP contribution is -2.16. The molecule has 0 bridgehead atoms. The van der Waals surface area contributed by atoms with Crippen LogP contribution in [0.3, 0.4) is 0 Å². The molecule has 2 aromatic rings. The van der Waals surface area contributed by atoms with Crippen LogP contribution in [0.4, 0.5) is 11.9 Å². The van der Waals surface area contributed by atoms with Gasteiger partial charge in [0.25, 0.3) is 0 Å². The lowest BCUT2D eigenvalue weighted by Gasteiger charge is -2.13. The summed E-state index contributed by atoms with van der Waals surface area (Å²) >= 11 is 3.12. The fourth-order valence-corrected chi connectivity index (χ4v) is 3.31. The summed E-state index contributed by atoms with van der Waals surface area (Å²) in [7, 11) is 3.73. The van der Waals surface area contributed by atoms with E-state index in [1.807, 2.05) is 27.9 Å². The number of nitrogen functional groups attached to an aromatic ring is 1. The molecule has 102 valence electrons. The lowest BCUT2D eigenvalue weighted by molar-refractivity contribution is 0.862. The summed E-state index contributed by atoms with van der Waals surface area (Å²) in [4.78, 5) is 14.5. The molecular formula is C10H15N7S2. The molecule has 0 radical (unpaired) electrons. The molecule has 2 heterocycles. The number of aromatic nitrogens is 5. The van der Waals surface area contributed by atoms with E-state index in [2.05, 4.69) is 25.1 Å². The number of hydrogen-bond acceptors (Lipinski definition) is 9. The summed E-state index contributed by atoms with van der Waals surface area (Å²) in [5, 5.41) is 9.05. The van der Waals surface area contributed by atoms with Gasteiger partial charge in [0, 0.05) is 14.1 Å². The Labute approximate surface area is 119 Å². The highest BCUT2D eigenvalue weighted by Gasteiger charge is 2.16. The highest BCUT2D eigenvalue weighted by Crippen LogP contribution is 2.35. The van der Waals surface area contributed by atoms with Crippen LogP contribution in [0.5, 0.6) is 0 Å². The van der Waals surface area contributed by atoms with Crippen molar-refractivity contribution in [3.8, 4) is 0 Å². The molecule has 0 unspecified atom stereocenters. The minimum Gasteiger partial charge on any atom is -0.368 e. The minimum atomic E-state index is 0.0383. The van der Waals surface area contributed by atoms with Crippen LogP contribution in [0, 0.1) is 6.92 Å². The van der Waals surface area contributed by atoms with Crippen molar-refractivity contribution in [3.63, 3.8) is 0 Å². The molecule has 0 spiro atoms. The molecule has 2 rings (SSSR count). The van der Waals surface area contributed by atoms with Crippen molar-refractivity contribution in [2.24, 2.45) is 0 Å². The van der Waals surface area contributed by atoms with Gasteiger partial charge in [-0.25, -0.2) is 0 Å². The Bertz CT molecular complexity index is 569. The first-order valence-electron chi connectivity index (χ1n) is 5.61. The number of rotatable bonds is 4. The Hall–Kier alpha value is -1.48. The molecule has 2 N–H and O–H groups in total. The average Bonchev–Trinajstić information content (AvgIpc) is 2.73. The van der Waals surface area contributed by atoms with Crippen molar-refractivity contribution < 1.29 is 0 Å². The zero-order chi connectivity index (χ0) is 14.0.